The van der Waals surface area contributed by atoms with Crippen LogP contribution in [-0.4, -0.2) is 6.18 Å². The molecule has 0 saturated carbocycles. The molecule has 38 heavy (non-hydrogen) atoms. The van der Waals surface area contributed by atoms with Gasteiger partial charge in [0, 0.05) is 17.0 Å². The van der Waals surface area contributed by atoms with Crippen molar-refractivity contribution in [3.63, 3.8) is 0 Å². The number of fused-ring (bicyclic) bond motifs is 5. The minimum atomic E-state index is -4.22. The zero-order chi connectivity index (χ0) is 27.1. The summed E-state index contributed by atoms with van der Waals surface area (Å²) >= 11 is 0. The molecule has 0 aliphatic carbocycles. The Kier molecular flexibility index (Phi) is 5.33. The second kappa shape index (κ2) is 8.20. The normalized spacial score (nSPS) is 14.1. The fourth-order valence-corrected chi connectivity index (χ4v) is 6.11. The summed E-state index contributed by atoms with van der Waals surface area (Å²) in [6.07, 6.45) is -2.20. The van der Waals surface area contributed by atoms with E-state index in [0.29, 0.717) is 5.56 Å². The van der Waals surface area contributed by atoms with Crippen molar-refractivity contribution in [3.05, 3.63) is 77.5 Å². The summed E-state index contributed by atoms with van der Waals surface area (Å²) in [5.74, 6) is 0.205. The lowest BCUT2D eigenvalue weighted by molar-refractivity contribution is -0.659. The average molecular weight is 515 g/mol. The molecule has 0 amide bonds. The molecule has 0 bridgehead atoms. The highest BCUT2D eigenvalue weighted by Gasteiger charge is 2.37. The standard InChI is InChI=1S/C33H31F3NO/c1-18(33(34,35)36)15-20-11-12-23-21(16-20)17-26-28-24(23)13-14-37(6)30(28)27-19(2)22-9-7-8-10-25(22)29(31(27)38-26)32(3,4)5/h7-14,16-18H,15H2,1-6H3/q+1. The summed E-state index contributed by atoms with van der Waals surface area (Å²) in [5.41, 5.74) is 5.02. The zero-order valence-electron chi connectivity index (χ0n) is 22.5. The predicted molar refractivity (Wildman–Crippen MR) is 148 cm³/mol. The van der Waals surface area contributed by atoms with E-state index < -0.39 is 12.1 Å². The van der Waals surface area contributed by atoms with E-state index >= 15 is 0 Å². The van der Waals surface area contributed by atoms with Crippen molar-refractivity contribution < 1.29 is 22.5 Å². The molecule has 0 spiro atoms. The highest BCUT2D eigenvalue weighted by molar-refractivity contribution is 6.16. The maximum absolute atomic E-state index is 13.3. The summed E-state index contributed by atoms with van der Waals surface area (Å²) in [7, 11) is 2.06. The smallest absolute Gasteiger partial charge is 0.391 e. The van der Waals surface area contributed by atoms with Gasteiger partial charge >= 0.3 is 6.18 Å². The lowest BCUT2D eigenvalue weighted by atomic mass is 9.78. The van der Waals surface area contributed by atoms with Gasteiger partial charge < -0.3 is 4.74 Å². The number of hydrogen-bond acceptors (Lipinski definition) is 1. The lowest BCUT2D eigenvalue weighted by Crippen LogP contribution is -2.32. The molecule has 1 aliphatic rings. The van der Waals surface area contributed by atoms with Gasteiger partial charge in [0.05, 0.1) is 16.9 Å². The first-order valence-corrected chi connectivity index (χ1v) is 13.0. The van der Waals surface area contributed by atoms with E-state index in [0.717, 1.165) is 49.9 Å². The third kappa shape index (κ3) is 3.66. The lowest BCUT2D eigenvalue weighted by Gasteiger charge is -2.30. The van der Waals surface area contributed by atoms with E-state index in [1.165, 1.54) is 23.3 Å². The van der Waals surface area contributed by atoms with Gasteiger partial charge in [-0.25, -0.2) is 4.57 Å². The summed E-state index contributed by atoms with van der Waals surface area (Å²) in [4.78, 5) is 0. The molecule has 5 heteroatoms. The third-order valence-electron chi connectivity index (χ3n) is 7.99. The molecule has 0 fully saturated rings. The van der Waals surface area contributed by atoms with Crippen molar-refractivity contribution in [1.29, 1.82) is 0 Å². The third-order valence-corrected chi connectivity index (χ3v) is 7.99. The minimum absolute atomic E-state index is 0.0507. The van der Waals surface area contributed by atoms with Crippen LogP contribution in [0.3, 0.4) is 0 Å². The van der Waals surface area contributed by atoms with Crippen LogP contribution < -0.4 is 9.30 Å². The molecule has 194 valence electrons. The van der Waals surface area contributed by atoms with Crippen LogP contribution in [0.1, 0.15) is 44.4 Å². The van der Waals surface area contributed by atoms with Crippen LogP contribution in [0, 0.1) is 12.8 Å². The van der Waals surface area contributed by atoms with Crippen molar-refractivity contribution in [2.75, 3.05) is 0 Å². The van der Waals surface area contributed by atoms with E-state index in [2.05, 4.69) is 75.8 Å². The second-order valence-electron chi connectivity index (χ2n) is 11.7. The Morgan fingerprint density at radius 2 is 1.61 bits per heavy atom. The van der Waals surface area contributed by atoms with Gasteiger partial charge in [-0.15, -0.1) is 0 Å². The minimum Gasteiger partial charge on any atom is -0.455 e. The molecular weight excluding hydrogens is 483 g/mol. The van der Waals surface area contributed by atoms with Crippen LogP contribution in [0.25, 0.3) is 43.6 Å². The van der Waals surface area contributed by atoms with E-state index in [1.807, 2.05) is 24.3 Å². The monoisotopic (exact) mass is 514 g/mol. The maximum atomic E-state index is 13.3. The Bertz CT molecular complexity index is 1780. The van der Waals surface area contributed by atoms with Gasteiger partial charge in [0.15, 0.2) is 6.20 Å². The molecule has 5 aromatic rings. The van der Waals surface area contributed by atoms with E-state index in [4.69, 9.17) is 4.74 Å². The molecule has 0 radical (unpaired) electrons. The number of alkyl halides is 3. The Hall–Kier alpha value is -3.60. The first-order chi connectivity index (χ1) is 17.9. The molecule has 0 saturated heterocycles. The summed E-state index contributed by atoms with van der Waals surface area (Å²) < 4.78 is 48.8. The number of aryl methyl sites for hydroxylation is 2. The topological polar surface area (TPSA) is 13.1 Å². The predicted octanol–water partition coefficient (Wildman–Crippen LogP) is 9.09. The SMILES string of the molecule is Cc1c2c(c(C(C)(C)C)c3ccccc13)Oc1cc3cc(CC(C)C(F)(F)F)ccc3c3cc[n+](C)c-2c13. The van der Waals surface area contributed by atoms with Crippen molar-refractivity contribution in [2.24, 2.45) is 13.0 Å². The first kappa shape index (κ1) is 24.7. The van der Waals surface area contributed by atoms with Crippen LogP contribution in [-0.2, 0) is 18.9 Å². The Morgan fingerprint density at radius 3 is 2.29 bits per heavy atom. The zero-order valence-corrected chi connectivity index (χ0v) is 22.5. The highest BCUT2D eigenvalue weighted by atomic mass is 19.4. The first-order valence-electron chi connectivity index (χ1n) is 13.0. The highest BCUT2D eigenvalue weighted by Crippen LogP contribution is 2.54. The summed E-state index contributed by atoms with van der Waals surface area (Å²) in [6.45, 7) is 10.0. The summed E-state index contributed by atoms with van der Waals surface area (Å²) in [5, 5.41) is 6.36. The number of nitrogens with zero attached hydrogens (tertiary/aromatic N) is 1. The second-order valence-corrected chi connectivity index (χ2v) is 11.7. The van der Waals surface area contributed by atoms with Crippen LogP contribution in [0.2, 0.25) is 0 Å². The molecule has 2 heterocycles. The van der Waals surface area contributed by atoms with Gasteiger partial charge in [-0.3, -0.25) is 0 Å². The number of halogens is 3. The molecular formula is C33H31F3NO+. The van der Waals surface area contributed by atoms with E-state index in [-0.39, 0.29) is 11.8 Å². The van der Waals surface area contributed by atoms with Crippen molar-refractivity contribution in [2.45, 2.75) is 52.6 Å². The van der Waals surface area contributed by atoms with Crippen molar-refractivity contribution in [1.82, 2.24) is 0 Å². The molecule has 1 atom stereocenters. The fourth-order valence-electron chi connectivity index (χ4n) is 6.11. The Morgan fingerprint density at radius 1 is 0.895 bits per heavy atom. The number of rotatable bonds is 2. The number of hydrogen-bond donors (Lipinski definition) is 0. The van der Waals surface area contributed by atoms with Crippen molar-refractivity contribution in [3.8, 4) is 22.8 Å². The maximum Gasteiger partial charge on any atom is 0.391 e. The molecule has 1 aliphatic heterocycles. The molecule has 6 rings (SSSR count). The molecule has 0 N–H and O–H groups in total. The Balaban J connectivity index is 1.68. The number of benzene rings is 4. The van der Waals surface area contributed by atoms with Crippen LogP contribution in [0.15, 0.2) is 60.8 Å². The van der Waals surface area contributed by atoms with Gasteiger partial charge in [-0.2, -0.15) is 13.2 Å². The van der Waals surface area contributed by atoms with Gasteiger partial charge in [0.25, 0.3) is 0 Å². The number of aromatic nitrogens is 1. The van der Waals surface area contributed by atoms with Gasteiger partial charge in [0.2, 0.25) is 5.69 Å². The Labute approximate surface area is 220 Å². The largest absolute Gasteiger partial charge is 0.455 e. The molecule has 2 nitrogen and oxygen atoms in total. The van der Waals surface area contributed by atoms with Crippen LogP contribution >= 0.6 is 0 Å². The van der Waals surface area contributed by atoms with Gasteiger partial charge in [-0.1, -0.05) is 70.2 Å². The number of pyridine rings is 1. The van der Waals surface area contributed by atoms with Gasteiger partial charge in [-0.05, 0) is 57.5 Å². The molecule has 1 unspecified atom stereocenters. The van der Waals surface area contributed by atoms with Crippen molar-refractivity contribution >= 4 is 32.3 Å². The van der Waals surface area contributed by atoms with Crippen LogP contribution in [0.4, 0.5) is 13.2 Å². The quantitative estimate of drug-likeness (QED) is 0.166. The van der Waals surface area contributed by atoms with E-state index in [1.54, 1.807) is 0 Å². The fraction of sp³-hybridized carbons (Fsp3) is 0.303. The number of ether oxygens (including phenoxy) is 1. The molecule has 4 aromatic carbocycles. The van der Waals surface area contributed by atoms with E-state index in [9.17, 15) is 13.2 Å². The van der Waals surface area contributed by atoms with Gasteiger partial charge in [0.1, 0.15) is 18.5 Å². The van der Waals surface area contributed by atoms with Crippen LogP contribution in [0.5, 0.6) is 11.5 Å². The summed E-state index contributed by atoms with van der Waals surface area (Å²) in [6, 6.07) is 18.2. The molecule has 1 aromatic heterocycles. The average Bonchev–Trinajstić information content (AvgIpc) is 2.83.